The van der Waals surface area contributed by atoms with Crippen molar-refractivity contribution in [2.24, 2.45) is 0 Å². The first kappa shape index (κ1) is 17.0. The van der Waals surface area contributed by atoms with Crippen LogP contribution in [0, 0.1) is 0 Å². The lowest BCUT2D eigenvalue weighted by molar-refractivity contribution is 0.102. The second kappa shape index (κ2) is 7.85. The topological polar surface area (TPSA) is 56.1 Å². The van der Waals surface area contributed by atoms with Crippen molar-refractivity contribution in [1.82, 2.24) is 9.78 Å². The van der Waals surface area contributed by atoms with Crippen LogP contribution in [0.1, 0.15) is 22.8 Å². The van der Waals surface area contributed by atoms with E-state index in [2.05, 4.69) is 10.4 Å². The van der Waals surface area contributed by atoms with Crippen molar-refractivity contribution in [1.29, 1.82) is 0 Å². The molecule has 0 unspecified atom stereocenters. The zero-order valence-corrected chi connectivity index (χ0v) is 14.5. The molecule has 0 aliphatic rings. The van der Waals surface area contributed by atoms with Gasteiger partial charge in [-0.3, -0.25) is 9.48 Å². The van der Waals surface area contributed by atoms with E-state index in [0.717, 1.165) is 11.3 Å². The lowest BCUT2D eigenvalue weighted by Crippen LogP contribution is -2.13. The first-order chi connectivity index (χ1) is 12.2. The van der Waals surface area contributed by atoms with Crippen LogP contribution >= 0.6 is 11.6 Å². The molecule has 2 aromatic carbocycles. The monoisotopic (exact) mass is 355 g/mol. The van der Waals surface area contributed by atoms with Crippen LogP contribution in [-0.2, 0) is 6.54 Å². The predicted octanol–water partition coefficient (Wildman–Crippen LogP) is 4.24. The van der Waals surface area contributed by atoms with Gasteiger partial charge in [-0.1, -0.05) is 41.9 Å². The molecule has 6 heteroatoms. The van der Waals surface area contributed by atoms with Gasteiger partial charge >= 0.3 is 0 Å². The molecule has 0 saturated heterocycles. The third kappa shape index (κ3) is 4.39. The Bertz CT molecular complexity index is 845. The number of halogens is 1. The van der Waals surface area contributed by atoms with Crippen LogP contribution in [-0.4, -0.2) is 22.3 Å². The molecule has 0 aliphatic carbocycles. The average Bonchev–Trinajstić information content (AvgIpc) is 2.96. The van der Waals surface area contributed by atoms with E-state index in [-0.39, 0.29) is 5.91 Å². The minimum atomic E-state index is -0.269. The zero-order valence-electron chi connectivity index (χ0n) is 13.8. The zero-order chi connectivity index (χ0) is 17.6. The number of carbonyl (C=O) groups is 1. The Morgan fingerprint density at radius 1 is 1.16 bits per heavy atom. The van der Waals surface area contributed by atoms with Crippen molar-refractivity contribution in [3.8, 4) is 5.75 Å². The third-order valence-corrected chi connectivity index (χ3v) is 3.84. The van der Waals surface area contributed by atoms with Crippen molar-refractivity contribution >= 4 is 23.3 Å². The quantitative estimate of drug-likeness (QED) is 0.719. The second-order valence-electron chi connectivity index (χ2n) is 5.42. The summed E-state index contributed by atoms with van der Waals surface area (Å²) in [5, 5.41) is 7.48. The molecule has 128 valence electrons. The normalized spacial score (nSPS) is 10.5. The number of benzene rings is 2. The van der Waals surface area contributed by atoms with Gasteiger partial charge in [0.15, 0.2) is 5.82 Å². The minimum Gasteiger partial charge on any atom is -0.494 e. The van der Waals surface area contributed by atoms with Crippen molar-refractivity contribution in [2.45, 2.75) is 13.5 Å². The fourth-order valence-corrected chi connectivity index (χ4v) is 2.58. The van der Waals surface area contributed by atoms with Gasteiger partial charge in [0, 0.05) is 11.8 Å². The summed E-state index contributed by atoms with van der Waals surface area (Å²) >= 11 is 6.19. The first-order valence-electron chi connectivity index (χ1n) is 7.97. The summed E-state index contributed by atoms with van der Waals surface area (Å²) < 4.78 is 7.07. The molecular weight excluding hydrogens is 338 g/mol. The average molecular weight is 356 g/mol. The molecular formula is C19H18ClN3O2. The Balaban J connectivity index is 1.69. The highest BCUT2D eigenvalue weighted by Gasteiger charge is 2.12. The first-order valence-corrected chi connectivity index (χ1v) is 8.34. The van der Waals surface area contributed by atoms with E-state index in [4.69, 9.17) is 16.3 Å². The molecule has 0 radical (unpaired) electrons. The van der Waals surface area contributed by atoms with Gasteiger partial charge in [0.25, 0.3) is 5.91 Å². The molecule has 0 atom stereocenters. The highest BCUT2D eigenvalue weighted by atomic mass is 35.5. The summed E-state index contributed by atoms with van der Waals surface area (Å²) in [6, 6.07) is 16.8. The van der Waals surface area contributed by atoms with Crippen LogP contribution in [0.15, 0.2) is 60.8 Å². The molecule has 0 aliphatic heterocycles. The summed E-state index contributed by atoms with van der Waals surface area (Å²) in [4.78, 5) is 12.3. The lowest BCUT2D eigenvalue weighted by atomic mass is 10.2. The van der Waals surface area contributed by atoms with Crippen LogP contribution < -0.4 is 10.1 Å². The van der Waals surface area contributed by atoms with E-state index < -0.39 is 0 Å². The number of aromatic nitrogens is 2. The van der Waals surface area contributed by atoms with Crippen molar-refractivity contribution < 1.29 is 9.53 Å². The number of rotatable bonds is 6. The largest absolute Gasteiger partial charge is 0.494 e. The summed E-state index contributed by atoms with van der Waals surface area (Å²) in [6.07, 6.45) is 1.70. The highest BCUT2D eigenvalue weighted by Crippen LogP contribution is 2.21. The van der Waals surface area contributed by atoms with Gasteiger partial charge in [-0.15, -0.1) is 0 Å². The molecule has 1 N–H and O–H groups in total. The fraction of sp³-hybridized carbons (Fsp3) is 0.158. The Morgan fingerprint density at radius 3 is 2.56 bits per heavy atom. The number of carbonyl (C=O) groups excluding carboxylic acids is 1. The van der Waals surface area contributed by atoms with Crippen molar-refractivity contribution in [2.75, 3.05) is 11.9 Å². The van der Waals surface area contributed by atoms with Gasteiger partial charge in [0.05, 0.1) is 13.2 Å². The maximum Gasteiger partial charge on any atom is 0.256 e. The molecule has 3 rings (SSSR count). The molecule has 0 fully saturated rings. The van der Waals surface area contributed by atoms with Gasteiger partial charge in [-0.25, -0.2) is 0 Å². The fourth-order valence-electron chi connectivity index (χ4n) is 2.38. The highest BCUT2D eigenvalue weighted by molar-refractivity contribution is 6.33. The number of ether oxygens (including phenoxy) is 1. The molecule has 0 spiro atoms. The predicted molar refractivity (Wildman–Crippen MR) is 98.3 cm³/mol. The maximum atomic E-state index is 12.3. The molecule has 1 heterocycles. The standard InChI is InChI=1S/C19H18ClN3O2/c1-2-25-16-10-8-15(9-11-16)19(24)21-18-17(20)13-23(22-18)12-14-6-4-3-5-7-14/h3-11,13H,2,12H2,1H3,(H,21,22,24). The molecule has 0 saturated carbocycles. The van der Waals surface area contributed by atoms with Gasteiger partial charge in [-0.2, -0.15) is 5.10 Å². The molecule has 3 aromatic rings. The maximum absolute atomic E-state index is 12.3. The van der Waals surface area contributed by atoms with Gasteiger partial charge in [0.2, 0.25) is 0 Å². The Morgan fingerprint density at radius 2 is 1.88 bits per heavy atom. The van der Waals surface area contributed by atoms with E-state index in [9.17, 15) is 4.79 Å². The summed E-state index contributed by atoms with van der Waals surface area (Å²) in [5.74, 6) is 0.801. The number of nitrogens with one attached hydrogen (secondary N) is 1. The molecule has 0 bridgehead atoms. The van der Waals surface area contributed by atoms with Crippen LogP contribution in [0.4, 0.5) is 5.82 Å². The van der Waals surface area contributed by atoms with E-state index in [1.54, 1.807) is 35.1 Å². The summed E-state index contributed by atoms with van der Waals surface area (Å²) in [7, 11) is 0. The SMILES string of the molecule is CCOc1ccc(C(=O)Nc2nn(Cc3ccccc3)cc2Cl)cc1. The molecule has 5 nitrogen and oxygen atoms in total. The second-order valence-corrected chi connectivity index (χ2v) is 5.83. The van der Waals surface area contributed by atoms with E-state index in [1.165, 1.54) is 0 Å². The van der Waals surface area contributed by atoms with E-state index in [1.807, 2.05) is 37.3 Å². The number of hydrogen-bond donors (Lipinski definition) is 1. The smallest absolute Gasteiger partial charge is 0.256 e. The Kier molecular flexibility index (Phi) is 5.36. The van der Waals surface area contributed by atoms with Crippen molar-refractivity contribution in [3.05, 3.63) is 76.9 Å². The number of nitrogens with zero attached hydrogens (tertiary/aromatic N) is 2. The Labute approximate surface area is 151 Å². The third-order valence-electron chi connectivity index (χ3n) is 3.56. The molecule has 1 amide bonds. The van der Waals surface area contributed by atoms with Crippen molar-refractivity contribution in [3.63, 3.8) is 0 Å². The summed E-state index contributed by atoms with van der Waals surface area (Å²) in [6.45, 7) is 3.08. The van der Waals surface area contributed by atoms with E-state index >= 15 is 0 Å². The minimum absolute atomic E-state index is 0.269. The van der Waals surface area contributed by atoms with Gasteiger partial charge in [-0.05, 0) is 36.8 Å². The molecule has 1 aromatic heterocycles. The summed E-state index contributed by atoms with van der Waals surface area (Å²) in [5.41, 5.74) is 1.61. The number of hydrogen-bond acceptors (Lipinski definition) is 3. The molecule has 25 heavy (non-hydrogen) atoms. The number of anilines is 1. The Hall–Kier alpha value is -2.79. The van der Waals surface area contributed by atoms with Crippen LogP contribution in [0.25, 0.3) is 0 Å². The van der Waals surface area contributed by atoms with Crippen LogP contribution in [0.3, 0.4) is 0 Å². The lowest BCUT2D eigenvalue weighted by Gasteiger charge is -2.05. The van der Waals surface area contributed by atoms with Crippen LogP contribution in [0.5, 0.6) is 5.75 Å². The van der Waals surface area contributed by atoms with Gasteiger partial charge < -0.3 is 10.1 Å². The van der Waals surface area contributed by atoms with E-state index in [0.29, 0.717) is 29.6 Å². The number of amides is 1. The van der Waals surface area contributed by atoms with Gasteiger partial charge in [0.1, 0.15) is 10.8 Å². The van der Waals surface area contributed by atoms with Crippen LogP contribution in [0.2, 0.25) is 5.02 Å².